The zero-order chi connectivity index (χ0) is 19.3. The Morgan fingerprint density at radius 1 is 1.00 bits per heavy atom. The molecule has 0 bridgehead atoms. The van der Waals surface area contributed by atoms with E-state index in [0.29, 0.717) is 55.8 Å². The Balaban J connectivity index is 1.31. The molecule has 2 amide bonds. The fourth-order valence-electron chi connectivity index (χ4n) is 2.95. The fraction of sp³-hybridized carbons (Fsp3) is 0.263. The Morgan fingerprint density at radius 2 is 1.71 bits per heavy atom. The van der Waals surface area contributed by atoms with E-state index < -0.39 is 0 Å². The summed E-state index contributed by atoms with van der Waals surface area (Å²) < 4.78 is 10.3. The van der Waals surface area contributed by atoms with Crippen LogP contribution in [0.4, 0.5) is 5.95 Å². The van der Waals surface area contributed by atoms with Crippen LogP contribution in [-0.4, -0.2) is 52.9 Å². The molecule has 0 spiro atoms. The normalized spacial score (nSPS) is 14.1. The lowest BCUT2D eigenvalue weighted by molar-refractivity contribution is 0.0714. The van der Waals surface area contributed by atoms with Gasteiger partial charge in [0.2, 0.25) is 5.95 Å². The number of hydrogen-bond acceptors (Lipinski definition) is 7. The smallest absolute Gasteiger partial charge is 0.289 e. The van der Waals surface area contributed by atoms with Crippen molar-refractivity contribution >= 4 is 17.8 Å². The van der Waals surface area contributed by atoms with Crippen LogP contribution in [0.15, 0.2) is 58.0 Å². The summed E-state index contributed by atoms with van der Waals surface area (Å²) in [6.07, 6.45) is 6.05. The molecule has 1 fully saturated rings. The van der Waals surface area contributed by atoms with E-state index in [0.717, 1.165) is 0 Å². The molecule has 0 saturated carbocycles. The minimum Gasteiger partial charge on any atom is -0.467 e. The van der Waals surface area contributed by atoms with Gasteiger partial charge in [0.05, 0.1) is 24.6 Å². The average Bonchev–Trinajstić information content (AvgIpc) is 3.46. The lowest BCUT2D eigenvalue weighted by Crippen LogP contribution is -2.49. The van der Waals surface area contributed by atoms with Crippen molar-refractivity contribution in [1.82, 2.24) is 20.2 Å². The van der Waals surface area contributed by atoms with Crippen molar-refractivity contribution in [3.05, 3.63) is 66.3 Å². The SMILES string of the molecule is O=C(NCc1ccco1)c1cnc(N2CCN(C(=O)c3ccco3)CC2)nc1. The molecule has 1 N–H and O–H groups in total. The maximum atomic E-state index is 12.3. The van der Waals surface area contributed by atoms with Gasteiger partial charge in [-0.1, -0.05) is 0 Å². The van der Waals surface area contributed by atoms with E-state index >= 15 is 0 Å². The van der Waals surface area contributed by atoms with E-state index in [-0.39, 0.29) is 11.8 Å². The maximum absolute atomic E-state index is 12.3. The van der Waals surface area contributed by atoms with Gasteiger partial charge in [-0.3, -0.25) is 9.59 Å². The first-order valence-electron chi connectivity index (χ1n) is 8.91. The zero-order valence-electron chi connectivity index (χ0n) is 15.1. The number of carbonyl (C=O) groups excluding carboxylic acids is 2. The summed E-state index contributed by atoms with van der Waals surface area (Å²) in [5, 5.41) is 2.75. The van der Waals surface area contributed by atoms with Crippen LogP contribution in [0.3, 0.4) is 0 Å². The van der Waals surface area contributed by atoms with Gasteiger partial charge in [-0.15, -0.1) is 0 Å². The van der Waals surface area contributed by atoms with E-state index in [9.17, 15) is 9.59 Å². The lowest BCUT2D eigenvalue weighted by atomic mass is 10.3. The van der Waals surface area contributed by atoms with E-state index in [4.69, 9.17) is 8.83 Å². The fourth-order valence-corrected chi connectivity index (χ4v) is 2.95. The van der Waals surface area contributed by atoms with Crippen molar-refractivity contribution in [3.8, 4) is 0 Å². The Hall–Kier alpha value is -3.62. The quantitative estimate of drug-likeness (QED) is 0.715. The van der Waals surface area contributed by atoms with Crippen LogP contribution in [0.1, 0.15) is 26.7 Å². The van der Waals surface area contributed by atoms with Gasteiger partial charge in [-0.05, 0) is 24.3 Å². The molecule has 0 atom stereocenters. The summed E-state index contributed by atoms with van der Waals surface area (Å²) in [7, 11) is 0. The minimum atomic E-state index is -0.267. The molecule has 28 heavy (non-hydrogen) atoms. The number of hydrogen-bond donors (Lipinski definition) is 1. The Bertz CT molecular complexity index is 914. The number of amides is 2. The molecule has 3 aromatic rings. The molecular weight excluding hydrogens is 362 g/mol. The topological polar surface area (TPSA) is 105 Å². The molecule has 0 unspecified atom stereocenters. The number of aromatic nitrogens is 2. The van der Waals surface area contributed by atoms with Crippen molar-refractivity contribution in [3.63, 3.8) is 0 Å². The summed E-state index contributed by atoms with van der Waals surface area (Å²) >= 11 is 0. The van der Waals surface area contributed by atoms with Gasteiger partial charge in [-0.2, -0.15) is 0 Å². The maximum Gasteiger partial charge on any atom is 0.289 e. The van der Waals surface area contributed by atoms with E-state index in [1.807, 2.05) is 4.90 Å². The highest BCUT2D eigenvalue weighted by molar-refractivity contribution is 5.93. The lowest BCUT2D eigenvalue weighted by Gasteiger charge is -2.34. The molecule has 1 aliphatic heterocycles. The summed E-state index contributed by atoms with van der Waals surface area (Å²) in [6, 6.07) is 6.91. The van der Waals surface area contributed by atoms with Crippen molar-refractivity contribution in [1.29, 1.82) is 0 Å². The molecule has 9 heteroatoms. The second kappa shape index (κ2) is 7.95. The van der Waals surface area contributed by atoms with Crippen LogP contribution in [0.5, 0.6) is 0 Å². The highest BCUT2D eigenvalue weighted by atomic mass is 16.3. The summed E-state index contributed by atoms with van der Waals surface area (Å²) in [5.41, 5.74) is 0.377. The monoisotopic (exact) mass is 381 g/mol. The Labute approximate surface area is 161 Å². The predicted molar refractivity (Wildman–Crippen MR) is 98.7 cm³/mol. The number of anilines is 1. The first kappa shape index (κ1) is 17.8. The van der Waals surface area contributed by atoms with Gasteiger partial charge in [0, 0.05) is 38.6 Å². The summed E-state index contributed by atoms with van der Waals surface area (Å²) in [4.78, 5) is 36.8. The van der Waals surface area contributed by atoms with Gasteiger partial charge in [-0.25, -0.2) is 9.97 Å². The largest absolute Gasteiger partial charge is 0.467 e. The third kappa shape index (κ3) is 3.88. The molecule has 4 rings (SSSR count). The Kier molecular flexibility index (Phi) is 5.05. The van der Waals surface area contributed by atoms with Gasteiger partial charge < -0.3 is 24.0 Å². The highest BCUT2D eigenvalue weighted by Crippen LogP contribution is 2.14. The van der Waals surface area contributed by atoms with Gasteiger partial charge in [0.1, 0.15) is 5.76 Å². The van der Waals surface area contributed by atoms with Crippen LogP contribution < -0.4 is 10.2 Å². The van der Waals surface area contributed by atoms with E-state index in [1.54, 1.807) is 35.4 Å². The number of furan rings is 2. The number of piperazine rings is 1. The molecule has 3 aromatic heterocycles. The molecule has 1 saturated heterocycles. The van der Waals surface area contributed by atoms with E-state index in [1.165, 1.54) is 18.7 Å². The number of rotatable bonds is 5. The van der Waals surface area contributed by atoms with Crippen molar-refractivity contribution in [2.75, 3.05) is 31.1 Å². The second-order valence-corrected chi connectivity index (χ2v) is 6.29. The molecule has 144 valence electrons. The highest BCUT2D eigenvalue weighted by Gasteiger charge is 2.24. The van der Waals surface area contributed by atoms with Gasteiger partial charge in [0.15, 0.2) is 5.76 Å². The van der Waals surface area contributed by atoms with Crippen molar-refractivity contribution < 1.29 is 18.4 Å². The van der Waals surface area contributed by atoms with Crippen LogP contribution in [0.25, 0.3) is 0 Å². The third-order valence-electron chi connectivity index (χ3n) is 4.49. The molecular formula is C19H19N5O4. The number of nitrogens with one attached hydrogen (secondary N) is 1. The number of carbonyl (C=O) groups is 2. The van der Waals surface area contributed by atoms with Crippen LogP contribution in [-0.2, 0) is 6.54 Å². The van der Waals surface area contributed by atoms with Crippen LogP contribution in [0, 0.1) is 0 Å². The molecule has 0 aromatic carbocycles. The third-order valence-corrected chi connectivity index (χ3v) is 4.49. The van der Waals surface area contributed by atoms with Crippen LogP contribution >= 0.6 is 0 Å². The minimum absolute atomic E-state index is 0.117. The second-order valence-electron chi connectivity index (χ2n) is 6.29. The predicted octanol–water partition coefficient (Wildman–Crippen LogP) is 1.56. The first-order valence-corrected chi connectivity index (χ1v) is 8.91. The molecule has 9 nitrogen and oxygen atoms in total. The number of nitrogens with zero attached hydrogens (tertiary/aromatic N) is 4. The first-order chi connectivity index (χ1) is 13.7. The zero-order valence-corrected chi connectivity index (χ0v) is 15.1. The molecule has 0 radical (unpaired) electrons. The molecule has 1 aliphatic rings. The molecule has 0 aliphatic carbocycles. The van der Waals surface area contributed by atoms with E-state index in [2.05, 4.69) is 15.3 Å². The summed E-state index contributed by atoms with van der Waals surface area (Å²) in [5.74, 6) is 1.17. The van der Waals surface area contributed by atoms with Crippen molar-refractivity contribution in [2.24, 2.45) is 0 Å². The van der Waals surface area contributed by atoms with Crippen LogP contribution in [0.2, 0.25) is 0 Å². The summed E-state index contributed by atoms with van der Waals surface area (Å²) in [6.45, 7) is 2.62. The van der Waals surface area contributed by atoms with Gasteiger partial charge >= 0.3 is 0 Å². The standard InChI is InChI=1S/C19H19N5O4/c25-17(20-13-15-3-1-9-27-15)14-11-21-19(22-12-14)24-7-5-23(6-8-24)18(26)16-4-2-10-28-16/h1-4,9-12H,5-8,13H2,(H,20,25). The van der Waals surface area contributed by atoms with Crippen molar-refractivity contribution in [2.45, 2.75) is 6.54 Å². The Morgan fingerprint density at radius 3 is 2.36 bits per heavy atom. The molecule has 4 heterocycles. The van der Waals surface area contributed by atoms with Gasteiger partial charge in [0.25, 0.3) is 11.8 Å². The average molecular weight is 381 g/mol.